The average Bonchev–Trinajstić information content (AvgIpc) is 2.17. The molecular weight excluding hydrogens is 224 g/mol. The molecule has 0 aliphatic heterocycles. The third-order valence-corrected chi connectivity index (χ3v) is 3.51. The molecule has 0 spiro atoms. The number of alkyl halides is 1. The first-order valence-electron chi connectivity index (χ1n) is 3.98. The summed E-state index contributed by atoms with van der Waals surface area (Å²) in [6.45, 7) is 2.13. The van der Waals surface area contributed by atoms with Crippen LogP contribution < -0.4 is 4.72 Å². The van der Waals surface area contributed by atoms with Gasteiger partial charge in [0.1, 0.15) is 5.21 Å². The third-order valence-electron chi connectivity index (χ3n) is 1.77. The number of hydrogen-bond acceptors (Lipinski definition) is 3. The fraction of sp³-hybridized carbons (Fsp3) is 0.375. The monoisotopic (exact) mass is 234 g/mol. The van der Waals surface area contributed by atoms with Gasteiger partial charge in [-0.2, -0.15) is 0 Å². The Hall–Kier alpha value is -0.650. The summed E-state index contributed by atoms with van der Waals surface area (Å²) in [7, 11) is -3.35. The zero-order valence-corrected chi connectivity index (χ0v) is 9.27. The minimum Gasteiger partial charge on any atom is -0.264 e. The molecular formula is C8H11ClN2O2S. The van der Waals surface area contributed by atoms with E-state index in [2.05, 4.69) is 9.71 Å². The number of sulfonamides is 1. The smallest absolute Gasteiger partial charge is 0.225 e. The molecule has 0 aliphatic carbocycles. The van der Waals surface area contributed by atoms with E-state index in [0.717, 1.165) is 11.1 Å². The lowest BCUT2D eigenvalue weighted by molar-refractivity contribution is 0.586. The third kappa shape index (κ3) is 3.25. The highest BCUT2D eigenvalue weighted by atomic mass is 35.5. The molecule has 78 valence electrons. The number of aromatic nitrogens is 1. The van der Waals surface area contributed by atoms with Crippen LogP contribution in [0.5, 0.6) is 0 Å². The van der Waals surface area contributed by atoms with E-state index in [1.165, 1.54) is 0 Å². The maximum absolute atomic E-state index is 11.0. The summed E-state index contributed by atoms with van der Waals surface area (Å²) in [5, 5.41) is -0.424. The summed E-state index contributed by atoms with van der Waals surface area (Å²) < 4.78 is 24.4. The molecule has 14 heavy (non-hydrogen) atoms. The Morgan fingerprint density at radius 3 is 2.86 bits per heavy atom. The lowest BCUT2D eigenvalue weighted by Gasteiger charge is -2.05. The number of aryl methyl sites for hydroxylation is 1. The Bertz CT molecular complexity index is 406. The summed E-state index contributed by atoms with van der Waals surface area (Å²) in [4.78, 5) is 3.90. The van der Waals surface area contributed by atoms with Crippen LogP contribution in [0.4, 0.5) is 0 Å². The summed E-state index contributed by atoms with van der Waals surface area (Å²) in [5.41, 5.74) is 1.85. The van der Waals surface area contributed by atoms with Crippen molar-refractivity contribution in [3.05, 3.63) is 29.6 Å². The summed E-state index contributed by atoms with van der Waals surface area (Å²) in [5.74, 6) is 0. The molecule has 0 saturated heterocycles. The first-order chi connectivity index (χ1) is 6.55. The van der Waals surface area contributed by atoms with Gasteiger partial charge in [0.15, 0.2) is 0 Å². The molecule has 0 amide bonds. The van der Waals surface area contributed by atoms with E-state index in [1.807, 2.05) is 13.0 Å². The SMILES string of the molecule is Cc1ccncc1CNS(=O)(=O)CCl. The molecule has 0 saturated carbocycles. The fourth-order valence-electron chi connectivity index (χ4n) is 0.908. The van der Waals surface area contributed by atoms with Crippen molar-refractivity contribution in [3.8, 4) is 0 Å². The van der Waals surface area contributed by atoms with Crippen LogP contribution in [0.15, 0.2) is 18.5 Å². The molecule has 0 aliphatic rings. The van der Waals surface area contributed by atoms with Gasteiger partial charge in [-0.05, 0) is 24.1 Å². The van der Waals surface area contributed by atoms with Gasteiger partial charge in [0, 0.05) is 18.9 Å². The Balaban J connectivity index is 2.68. The molecule has 1 rings (SSSR count). The van der Waals surface area contributed by atoms with Gasteiger partial charge in [-0.25, -0.2) is 13.1 Å². The van der Waals surface area contributed by atoms with E-state index >= 15 is 0 Å². The van der Waals surface area contributed by atoms with Gasteiger partial charge >= 0.3 is 0 Å². The van der Waals surface area contributed by atoms with Gasteiger partial charge in [0.05, 0.1) is 0 Å². The molecule has 1 N–H and O–H groups in total. The Morgan fingerprint density at radius 1 is 1.57 bits per heavy atom. The average molecular weight is 235 g/mol. The highest BCUT2D eigenvalue weighted by Crippen LogP contribution is 2.04. The van der Waals surface area contributed by atoms with Crippen LogP contribution in [0, 0.1) is 6.92 Å². The minimum absolute atomic E-state index is 0.231. The molecule has 6 heteroatoms. The highest BCUT2D eigenvalue weighted by Gasteiger charge is 2.07. The standard InChI is InChI=1S/C8H11ClN2O2S/c1-7-2-3-10-4-8(7)5-11-14(12,13)6-9/h2-4,11H,5-6H2,1H3. The zero-order valence-electron chi connectivity index (χ0n) is 7.70. The molecule has 0 atom stereocenters. The van der Waals surface area contributed by atoms with Crippen molar-refractivity contribution in [3.63, 3.8) is 0 Å². The number of hydrogen-bond donors (Lipinski definition) is 1. The maximum Gasteiger partial charge on any atom is 0.225 e. The van der Waals surface area contributed by atoms with Crippen LogP contribution >= 0.6 is 11.6 Å². The molecule has 0 radical (unpaired) electrons. The van der Waals surface area contributed by atoms with Crippen molar-refractivity contribution < 1.29 is 8.42 Å². The predicted octanol–water partition coefficient (Wildman–Crippen LogP) is 1.01. The molecule has 1 heterocycles. The maximum atomic E-state index is 11.0. The molecule has 4 nitrogen and oxygen atoms in total. The van der Waals surface area contributed by atoms with E-state index in [1.54, 1.807) is 12.4 Å². The van der Waals surface area contributed by atoms with Gasteiger partial charge in [-0.15, -0.1) is 11.6 Å². The topological polar surface area (TPSA) is 59.1 Å². The number of halogens is 1. The fourth-order valence-corrected chi connectivity index (χ4v) is 1.59. The number of pyridine rings is 1. The molecule has 1 aromatic rings. The van der Waals surface area contributed by atoms with Crippen LogP contribution in [0.25, 0.3) is 0 Å². The molecule has 1 aromatic heterocycles. The molecule has 0 bridgehead atoms. The second-order valence-corrected chi connectivity index (χ2v) is 5.24. The first-order valence-corrected chi connectivity index (χ1v) is 6.16. The lowest BCUT2D eigenvalue weighted by Crippen LogP contribution is -2.24. The van der Waals surface area contributed by atoms with Crippen LogP contribution in [0.2, 0.25) is 0 Å². The normalized spacial score (nSPS) is 11.6. The van der Waals surface area contributed by atoms with E-state index in [4.69, 9.17) is 11.6 Å². The van der Waals surface area contributed by atoms with Crippen LogP contribution in [-0.4, -0.2) is 18.6 Å². The van der Waals surface area contributed by atoms with E-state index in [-0.39, 0.29) is 6.54 Å². The van der Waals surface area contributed by atoms with Crippen molar-refractivity contribution in [2.75, 3.05) is 5.21 Å². The molecule has 0 fully saturated rings. The number of rotatable bonds is 4. The van der Waals surface area contributed by atoms with Gasteiger partial charge in [-0.3, -0.25) is 4.98 Å². The van der Waals surface area contributed by atoms with Gasteiger partial charge in [0.2, 0.25) is 10.0 Å². The summed E-state index contributed by atoms with van der Waals surface area (Å²) in [6, 6.07) is 1.82. The van der Waals surface area contributed by atoms with E-state index in [9.17, 15) is 8.42 Å². The van der Waals surface area contributed by atoms with Crippen molar-refractivity contribution >= 4 is 21.6 Å². The predicted molar refractivity (Wildman–Crippen MR) is 55.5 cm³/mol. The van der Waals surface area contributed by atoms with Gasteiger partial charge in [-0.1, -0.05) is 0 Å². The highest BCUT2D eigenvalue weighted by molar-refractivity contribution is 7.90. The number of nitrogens with one attached hydrogen (secondary N) is 1. The van der Waals surface area contributed by atoms with Crippen LogP contribution in [0.1, 0.15) is 11.1 Å². The Kier molecular flexibility index (Phi) is 3.86. The van der Waals surface area contributed by atoms with E-state index < -0.39 is 15.2 Å². The second-order valence-electron chi connectivity index (χ2n) is 2.85. The van der Waals surface area contributed by atoms with Crippen LogP contribution in [0.3, 0.4) is 0 Å². The van der Waals surface area contributed by atoms with Crippen LogP contribution in [-0.2, 0) is 16.6 Å². The van der Waals surface area contributed by atoms with Crippen molar-refractivity contribution in [2.45, 2.75) is 13.5 Å². The van der Waals surface area contributed by atoms with Gasteiger partial charge in [0.25, 0.3) is 0 Å². The quantitative estimate of drug-likeness (QED) is 0.791. The Labute approximate surface area is 88.4 Å². The van der Waals surface area contributed by atoms with Gasteiger partial charge < -0.3 is 0 Å². The molecule has 0 unspecified atom stereocenters. The summed E-state index contributed by atoms with van der Waals surface area (Å²) in [6.07, 6.45) is 3.29. The number of nitrogens with zero attached hydrogens (tertiary/aromatic N) is 1. The van der Waals surface area contributed by atoms with Crippen molar-refractivity contribution in [1.82, 2.24) is 9.71 Å². The van der Waals surface area contributed by atoms with E-state index in [0.29, 0.717) is 0 Å². The largest absolute Gasteiger partial charge is 0.264 e. The van der Waals surface area contributed by atoms with Crippen molar-refractivity contribution in [2.24, 2.45) is 0 Å². The lowest BCUT2D eigenvalue weighted by atomic mass is 10.2. The van der Waals surface area contributed by atoms with Crippen molar-refractivity contribution in [1.29, 1.82) is 0 Å². The first kappa shape index (κ1) is 11.4. The molecule has 0 aromatic carbocycles. The summed E-state index contributed by atoms with van der Waals surface area (Å²) >= 11 is 5.23. The second kappa shape index (κ2) is 4.72. The minimum atomic E-state index is -3.35. The Morgan fingerprint density at radius 2 is 2.29 bits per heavy atom. The zero-order chi connectivity index (χ0) is 10.6.